The summed E-state index contributed by atoms with van der Waals surface area (Å²) in [6.45, 7) is 4.50. The number of sulfonamides is 1. The van der Waals surface area contributed by atoms with Gasteiger partial charge in [0.1, 0.15) is 0 Å². The number of nitrogens with one attached hydrogen (secondary N) is 2. The molecule has 2 saturated heterocycles. The Morgan fingerprint density at radius 2 is 2.24 bits per heavy atom. The quantitative estimate of drug-likeness (QED) is 0.753. The first-order chi connectivity index (χ1) is 8.07. The smallest absolute Gasteiger partial charge is 0.214 e. The fraction of sp³-hybridized carbons (Fsp3) is 1.00. The van der Waals surface area contributed by atoms with E-state index in [1.54, 1.807) is 0 Å². The zero-order valence-electron chi connectivity index (χ0n) is 10.3. The topological polar surface area (TPSA) is 67.4 Å². The van der Waals surface area contributed by atoms with Crippen LogP contribution < -0.4 is 10.0 Å². The molecule has 2 N–H and O–H groups in total. The van der Waals surface area contributed by atoms with Gasteiger partial charge in [0.25, 0.3) is 0 Å². The van der Waals surface area contributed by atoms with Crippen LogP contribution in [0.2, 0.25) is 0 Å². The fourth-order valence-electron chi connectivity index (χ4n) is 2.45. The Morgan fingerprint density at radius 1 is 1.41 bits per heavy atom. The number of rotatable bonds is 4. The van der Waals surface area contributed by atoms with E-state index in [2.05, 4.69) is 17.0 Å². The van der Waals surface area contributed by atoms with Crippen molar-refractivity contribution >= 4 is 10.0 Å². The Bertz CT molecular complexity index is 339. The van der Waals surface area contributed by atoms with Crippen molar-refractivity contribution in [2.45, 2.75) is 38.3 Å². The minimum atomic E-state index is -3.21. The SMILES string of the molecule is CC1CCNCC1NS(=O)(=O)CC1CCCO1. The van der Waals surface area contributed by atoms with Gasteiger partial charge < -0.3 is 10.1 Å². The second-order valence-corrected chi connectivity index (χ2v) is 6.91. The molecule has 17 heavy (non-hydrogen) atoms. The number of ether oxygens (including phenoxy) is 1. The molecule has 0 bridgehead atoms. The van der Waals surface area contributed by atoms with Crippen LogP contribution in [0.25, 0.3) is 0 Å². The van der Waals surface area contributed by atoms with Crippen LogP contribution in [-0.2, 0) is 14.8 Å². The minimum absolute atomic E-state index is 0.0233. The van der Waals surface area contributed by atoms with E-state index < -0.39 is 10.0 Å². The standard InChI is InChI=1S/C11H22N2O3S/c1-9-4-5-12-7-11(9)13-17(14,15)8-10-3-2-6-16-10/h9-13H,2-8H2,1H3. The Labute approximate surface area is 103 Å². The summed E-state index contributed by atoms with van der Waals surface area (Å²) in [5, 5.41) is 3.22. The molecule has 2 aliphatic rings. The molecular formula is C11H22N2O3S. The molecule has 0 aromatic carbocycles. The Kier molecular flexibility index (Phi) is 4.41. The lowest BCUT2D eigenvalue weighted by Gasteiger charge is -2.30. The summed E-state index contributed by atoms with van der Waals surface area (Å²) in [6.07, 6.45) is 2.74. The van der Waals surface area contributed by atoms with Crippen LogP contribution in [0.5, 0.6) is 0 Å². The van der Waals surface area contributed by atoms with Crippen molar-refractivity contribution in [3.05, 3.63) is 0 Å². The first kappa shape index (κ1) is 13.3. The minimum Gasteiger partial charge on any atom is -0.377 e. The molecule has 0 saturated carbocycles. The lowest BCUT2D eigenvalue weighted by atomic mass is 9.96. The molecule has 100 valence electrons. The molecule has 2 rings (SSSR count). The Balaban J connectivity index is 1.87. The molecule has 5 nitrogen and oxygen atoms in total. The zero-order chi connectivity index (χ0) is 12.3. The largest absolute Gasteiger partial charge is 0.377 e. The van der Waals surface area contributed by atoms with Crippen LogP contribution in [0.3, 0.4) is 0 Å². The lowest BCUT2D eigenvalue weighted by Crippen LogP contribution is -2.51. The highest BCUT2D eigenvalue weighted by Crippen LogP contribution is 2.16. The average Bonchev–Trinajstić information content (AvgIpc) is 2.73. The van der Waals surface area contributed by atoms with E-state index in [9.17, 15) is 8.42 Å². The van der Waals surface area contributed by atoms with Gasteiger partial charge in [-0.15, -0.1) is 0 Å². The maximum atomic E-state index is 12.0. The highest BCUT2D eigenvalue weighted by atomic mass is 32.2. The molecule has 3 atom stereocenters. The van der Waals surface area contributed by atoms with Crippen LogP contribution in [0.4, 0.5) is 0 Å². The van der Waals surface area contributed by atoms with Gasteiger partial charge in [-0.05, 0) is 31.7 Å². The van der Waals surface area contributed by atoms with Gasteiger partial charge in [-0.2, -0.15) is 0 Å². The van der Waals surface area contributed by atoms with Gasteiger partial charge in [-0.1, -0.05) is 6.92 Å². The number of hydrogen-bond donors (Lipinski definition) is 2. The summed E-state index contributed by atoms with van der Waals surface area (Å²) in [5.41, 5.74) is 0. The molecule has 3 unspecified atom stereocenters. The van der Waals surface area contributed by atoms with Gasteiger partial charge in [0.2, 0.25) is 10.0 Å². The van der Waals surface area contributed by atoms with Gasteiger partial charge in [0, 0.05) is 19.2 Å². The third-order valence-electron chi connectivity index (χ3n) is 3.59. The van der Waals surface area contributed by atoms with Crippen molar-refractivity contribution in [3.63, 3.8) is 0 Å². The lowest BCUT2D eigenvalue weighted by molar-refractivity contribution is 0.127. The van der Waals surface area contributed by atoms with Crippen molar-refractivity contribution in [1.82, 2.24) is 10.0 Å². The van der Waals surface area contributed by atoms with Crippen LogP contribution in [0, 0.1) is 5.92 Å². The van der Waals surface area contributed by atoms with Crippen LogP contribution in [0.15, 0.2) is 0 Å². The highest BCUT2D eigenvalue weighted by Gasteiger charge is 2.28. The molecule has 2 fully saturated rings. The van der Waals surface area contributed by atoms with Crippen molar-refractivity contribution in [3.8, 4) is 0 Å². The predicted molar refractivity (Wildman–Crippen MR) is 66.3 cm³/mol. The van der Waals surface area contributed by atoms with E-state index in [0.29, 0.717) is 12.5 Å². The van der Waals surface area contributed by atoms with E-state index >= 15 is 0 Å². The first-order valence-electron chi connectivity index (χ1n) is 6.39. The third kappa shape index (κ3) is 3.91. The van der Waals surface area contributed by atoms with Gasteiger partial charge >= 0.3 is 0 Å². The Morgan fingerprint density at radius 3 is 2.88 bits per heavy atom. The Hall–Kier alpha value is -0.170. The monoisotopic (exact) mass is 262 g/mol. The normalized spacial score (nSPS) is 35.0. The molecule has 2 heterocycles. The summed E-state index contributed by atoms with van der Waals surface area (Å²) < 4.78 is 32.1. The number of hydrogen-bond acceptors (Lipinski definition) is 4. The van der Waals surface area contributed by atoms with E-state index in [0.717, 1.165) is 32.4 Å². The van der Waals surface area contributed by atoms with E-state index in [-0.39, 0.29) is 17.9 Å². The van der Waals surface area contributed by atoms with Gasteiger partial charge in [-0.3, -0.25) is 0 Å². The molecular weight excluding hydrogens is 240 g/mol. The van der Waals surface area contributed by atoms with Crippen LogP contribution in [0.1, 0.15) is 26.2 Å². The molecule has 0 aliphatic carbocycles. The summed E-state index contributed by atoms with van der Waals surface area (Å²) in [4.78, 5) is 0. The maximum absolute atomic E-state index is 12.0. The summed E-state index contributed by atoms with van der Waals surface area (Å²) >= 11 is 0. The van der Waals surface area contributed by atoms with E-state index in [4.69, 9.17) is 4.74 Å². The zero-order valence-corrected chi connectivity index (χ0v) is 11.1. The molecule has 0 aromatic rings. The second kappa shape index (κ2) is 5.65. The van der Waals surface area contributed by atoms with Crippen molar-refractivity contribution < 1.29 is 13.2 Å². The van der Waals surface area contributed by atoms with Gasteiger partial charge in [-0.25, -0.2) is 13.1 Å². The van der Waals surface area contributed by atoms with Crippen molar-refractivity contribution in [1.29, 1.82) is 0 Å². The van der Waals surface area contributed by atoms with Gasteiger partial charge in [0.05, 0.1) is 11.9 Å². The third-order valence-corrected chi connectivity index (χ3v) is 5.06. The van der Waals surface area contributed by atoms with E-state index in [1.165, 1.54) is 0 Å². The summed E-state index contributed by atoms with van der Waals surface area (Å²) in [5.74, 6) is 0.506. The summed E-state index contributed by atoms with van der Waals surface area (Å²) in [6, 6.07) is 0.0233. The fourth-order valence-corrected chi connectivity index (χ4v) is 4.07. The second-order valence-electron chi connectivity index (χ2n) is 5.11. The highest BCUT2D eigenvalue weighted by molar-refractivity contribution is 7.89. The maximum Gasteiger partial charge on any atom is 0.214 e. The average molecular weight is 262 g/mol. The van der Waals surface area contributed by atoms with Crippen molar-refractivity contribution in [2.24, 2.45) is 5.92 Å². The molecule has 0 amide bonds. The first-order valence-corrected chi connectivity index (χ1v) is 8.04. The number of piperidine rings is 1. The van der Waals surface area contributed by atoms with Crippen LogP contribution >= 0.6 is 0 Å². The molecule has 0 aromatic heterocycles. The summed E-state index contributed by atoms with van der Waals surface area (Å²) in [7, 11) is -3.21. The van der Waals surface area contributed by atoms with Gasteiger partial charge in [0.15, 0.2) is 0 Å². The molecule has 0 spiro atoms. The van der Waals surface area contributed by atoms with Crippen molar-refractivity contribution in [2.75, 3.05) is 25.4 Å². The van der Waals surface area contributed by atoms with E-state index in [1.807, 2.05) is 0 Å². The molecule has 2 aliphatic heterocycles. The van der Waals surface area contributed by atoms with Crippen LogP contribution in [-0.4, -0.2) is 46.0 Å². The predicted octanol–water partition coefficient (Wildman–Crippen LogP) is 0.0828. The molecule has 0 radical (unpaired) electrons. The molecule has 6 heteroatoms.